The largest absolute Gasteiger partial charge is 0.325 e. The average molecular weight is 393 g/mol. The first-order chi connectivity index (χ1) is 13.5. The van der Waals surface area contributed by atoms with Crippen molar-refractivity contribution in [1.29, 1.82) is 0 Å². The molecule has 1 saturated carbocycles. The van der Waals surface area contributed by atoms with Crippen LogP contribution < -0.4 is 5.32 Å². The van der Waals surface area contributed by atoms with Gasteiger partial charge in [-0.05, 0) is 57.4 Å². The summed E-state index contributed by atoms with van der Waals surface area (Å²) >= 11 is 1.44. The number of para-hydroxylation sites is 1. The zero-order valence-corrected chi connectivity index (χ0v) is 17.2. The van der Waals surface area contributed by atoms with Crippen molar-refractivity contribution in [3.8, 4) is 5.69 Å². The van der Waals surface area contributed by atoms with Crippen LogP contribution in [0.5, 0.6) is 0 Å². The highest BCUT2D eigenvalue weighted by atomic mass is 32.2. The number of hydrogen-bond donors (Lipinski definition) is 1. The molecule has 1 amide bonds. The molecule has 1 aliphatic carbocycles. The van der Waals surface area contributed by atoms with E-state index in [1.165, 1.54) is 17.3 Å². The van der Waals surface area contributed by atoms with Gasteiger partial charge in [0.25, 0.3) is 0 Å². The predicted octanol–water partition coefficient (Wildman–Crippen LogP) is 4.88. The van der Waals surface area contributed by atoms with Gasteiger partial charge in [-0.15, -0.1) is 10.2 Å². The summed E-state index contributed by atoms with van der Waals surface area (Å²) in [5.41, 5.74) is 4.14. The number of anilines is 1. The molecule has 1 heterocycles. The van der Waals surface area contributed by atoms with E-state index in [0.717, 1.165) is 40.8 Å². The fourth-order valence-electron chi connectivity index (χ4n) is 3.18. The van der Waals surface area contributed by atoms with Crippen molar-refractivity contribution in [3.63, 3.8) is 0 Å². The molecule has 0 spiro atoms. The van der Waals surface area contributed by atoms with Crippen LogP contribution in [0.1, 0.15) is 42.6 Å². The molecular weight excluding hydrogens is 368 g/mol. The SMILES string of the molecule is Cc1ccc(NC(=O)[C@@H](C)Sc2nnc(C3CC3)n2-c2ccccc2)c(C)c1. The third kappa shape index (κ3) is 3.97. The molecule has 0 aliphatic heterocycles. The van der Waals surface area contributed by atoms with Crippen LogP contribution in [0.2, 0.25) is 0 Å². The molecule has 0 radical (unpaired) electrons. The number of aromatic nitrogens is 3. The molecule has 28 heavy (non-hydrogen) atoms. The van der Waals surface area contributed by atoms with E-state index in [4.69, 9.17) is 0 Å². The van der Waals surface area contributed by atoms with E-state index in [2.05, 4.69) is 38.3 Å². The van der Waals surface area contributed by atoms with Gasteiger partial charge in [-0.2, -0.15) is 0 Å². The highest BCUT2D eigenvalue weighted by molar-refractivity contribution is 8.00. The number of aryl methyl sites for hydroxylation is 2. The quantitative estimate of drug-likeness (QED) is 0.607. The Morgan fingerprint density at radius 2 is 1.89 bits per heavy atom. The minimum absolute atomic E-state index is 0.0347. The Morgan fingerprint density at radius 1 is 1.14 bits per heavy atom. The Labute approximate surface area is 169 Å². The lowest BCUT2D eigenvalue weighted by molar-refractivity contribution is -0.115. The maximum Gasteiger partial charge on any atom is 0.237 e. The van der Waals surface area contributed by atoms with Gasteiger partial charge in [-0.25, -0.2) is 0 Å². The van der Waals surface area contributed by atoms with Gasteiger partial charge in [0, 0.05) is 17.3 Å². The van der Waals surface area contributed by atoms with Gasteiger partial charge in [0.15, 0.2) is 5.16 Å². The first-order valence-electron chi connectivity index (χ1n) is 9.58. The second-order valence-corrected chi connectivity index (χ2v) is 8.66. The predicted molar refractivity (Wildman–Crippen MR) is 113 cm³/mol. The van der Waals surface area contributed by atoms with Crippen LogP contribution in [0.15, 0.2) is 53.7 Å². The van der Waals surface area contributed by atoms with E-state index in [1.807, 2.05) is 51.1 Å². The van der Waals surface area contributed by atoms with E-state index in [9.17, 15) is 4.79 Å². The molecule has 6 heteroatoms. The molecule has 0 saturated heterocycles. The van der Waals surface area contributed by atoms with Gasteiger partial charge < -0.3 is 5.32 Å². The molecule has 2 aromatic carbocycles. The second kappa shape index (κ2) is 7.80. The summed E-state index contributed by atoms with van der Waals surface area (Å²) in [5.74, 6) is 1.43. The monoisotopic (exact) mass is 392 g/mol. The lowest BCUT2D eigenvalue weighted by Gasteiger charge is -2.15. The Kier molecular flexibility index (Phi) is 5.22. The molecule has 1 aromatic heterocycles. The van der Waals surface area contributed by atoms with Crippen LogP contribution in [-0.4, -0.2) is 25.9 Å². The lowest BCUT2D eigenvalue weighted by Crippen LogP contribution is -2.23. The third-order valence-corrected chi connectivity index (χ3v) is 5.95. The van der Waals surface area contributed by atoms with Gasteiger partial charge in [0.05, 0.1) is 5.25 Å². The summed E-state index contributed by atoms with van der Waals surface area (Å²) in [5, 5.41) is 12.4. The van der Waals surface area contributed by atoms with E-state index in [-0.39, 0.29) is 11.2 Å². The molecule has 144 valence electrons. The van der Waals surface area contributed by atoms with Crippen LogP contribution in [0, 0.1) is 13.8 Å². The van der Waals surface area contributed by atoms with Crippen LogP contribution in [-0.2, 0) is 4.79 Å². The van der Waals surface area contributed by atoms with Crippen molar-refractivity contribution >= 4 is 23.4 Å². The number of hydrogen-bond acceptors (Lipinski definition) is 4. The number of nitrogens with one attached hydrogen (secondary N) is 1. The highest BCUT2D eigenvalue weighted by Gasteiger charge is 2.31. The molecule has 1 atom stereocenters. The van der Waals surface area contributed by atoms with Crippen LogP contribution >= 0.6 is 11.8 Å². The van der Waals surface area contributed by atoms with Gasteiger partial charge in [-0.1, -0.05) is 47.7 Å². The molecular formula is C22H24N4OS. The summed E-state index contributed by atoms with van der Waals surface area (Å²) in [6.45, 7) is 5.96. The number of nitrogens with zero attached hydrogens (tertiary/aromatic N) is 3. The van der Waals surface area contributed by atoms with Crippen molar-refractivity contribution in [1.82, 2.24) is 14.8 Å². The summed E-state index contributed by atoms with van der Waals surface area (Å²) in [6, 6.07) is 16.2. The molecule has 1 aliphatic rings. The number of benzene rings is 2. The van der Waals surface area contributed by atoms with E-state index in [1.54, 1.807) is 0 Å². The van der Waals surface area contributed by atoms with Crippen molar-refractivity contribution in [2.24, 2.45) is 0 Å². The van der Waals surface area contributed by atoms with Gasteiger partial charge in [0.1, 0.15) is 5.82 Å². The highest BCUT2D eigenvalue weighted by Crippen LogP contribution is 2.41. The summed E-state index contributed by atoms with van der Waals surface area (Å²) < 4.78 is 2.10. The van der Waals surface area contributed by atoms with E-state index < -0.39 is 0 Å². The van der Waals surface area contributed by atoms with E-state index in [0.29, 0.717) is 5.92 Å². The number of rotatable bonds is 6. The third-order valence-electron chi connectivity index (χ3n) is 4.91. The fourth-order valence-corrected chi connectivity index (χ4v) is 4.06. The molecule has 4 rings (SSSR count). The van der Waals surface area contributed by atoms with Crippen molar-refractivity contribution < 1.29 is 4.79 Å². The normalized spacial score (nSPS) is 14.7. The smallest absolute Gasteiger partial charge is 0.237 e. The number of amides is 1. The molecule has 0 bridgehead atoms. The Balaban J connectivity index is 1.54. The molecule has 5 nitrogen and oxygen atoms in total. The first-order valence-corrected chi connectivity index (χ1v) is 10.5. The molecule has 1 N–H and O–H groups in total. The summed E-state index contributed by atoms with van der Waals surface area (Å²) in [6.07, 6.45) is 2.30. The minimum atomic E-state index is -0.292. The number of carbonyl (C=O) groups excluding carboxylic acids is 1. The van der Waals surface area contributed by atoms with Crippen molar-refractivity contribution in [3.05, 3.63) is 65.5 Å². The minimum Gasteiger partial charge on any atom is -0.325 e. The molecule has 3 aromatic rings. The summed E-state index contributed by atoms with van der Waals surface area (Å²) in [7, 11) is 0. The topological polar surface area (TPSA) is 59.8 Å². The first kappa shape index (κ1) is 18.7. The number of thioether (sulfide) groups is 1. The number of carbonyl (C=O) groups is 1. The van der Waals surface area contributed by atoms with Gasteiger partial charge >= 0.3 is 0 Å². The Bertz CT molecular complexity index is 995. The Morgan fingerprint density at radius 3 is 2.57 bits per heavy atom. The zero-order chi connectivity index (χ0) is 19.7. The maximum absolute atomic E-state index is 12.8. The summed E-state index contributed by atoms with van der Waals surface area (Å²) in [4.78, 5) is 12.8. The average Bonchev–Trinajstić information content (AvgIpc) is 3.45. The Hall–Kier alpha value is -2.60. The van der Waals surface area contributed by atoms with Crippen LogP contribution in [0.25, 0.3) is 5.69 Å². The lowest BCUT2D eigenvalue weighted by atomic mass is 10.1. The van der Waals surface area contributed by atoms with Crippen molar-refractivity contribution in [2.75, 3.05) is 5.32 Å². The fraction of sp³-hybridized carbons (Fsp3) is 0.318. The molecule has 1 fully saturated rings. The standard InChI is InChI=1S/C22H24N4OS/c1-14-9-12-19(15(2)13-14)23-21(27)16(3)28-22-25-24-20(17-10-11-17)26(22)18-7-5-4-6-8-18/h4-9,12-13,16-17H,10-11H2,1-3H3,(H,23,27)/t16-/m1/s1. The second-order valence-electron chi connectivity index (χ2n) is 7.35. The maximum atomic E-state index is 12.8. The van der Waals surface area contributed by atoms with E-state index >= 15 is 0 Å². The van der Waals surface area contributed by atoms with Gasteiger partial charge in [-0.3, -0.25) is 9.36 Å². The van der Waals surface area contributed by atoms with Gasteiger partial charge in [0.2, 0.25) is 5.91 Å². The molecule has 0 unspecified atom stereocenters. The van der Waals surface area contributed by atoms with Crippen molar-refractivity contribution in [2.45, 2.75) is 49.9 Å². The van der Waals surface area contributed by atoms with Crippen LogP contribution in [0.4, 0.5) is 5.69 Å². The zero-order valence-electron chi connectivity index (χ0n) is 16.3. The van der Waals surface area contributed by atoms with Crippen LogP contribution in [0.3, 0.4) is 0 Å².